The van der Waals surface area contributed by atoms with Gasteiger partial charge >= 0.3 is 0 Å². The minimum Gasteiger partial charge on any atom is -0.353 e. The number of nitrogens with zero attached hydrogens (tertiary/aromatic N) is 3. The van der Waals surface area contributed by atoms with Crippen LogP contribution in [0.25, 0.3) is 10.8 Å². The second-order valence-electron chi connectivity index (χ2n) is 8.89. The normalized spacial score (nSPS) is 11.4. The van der Waals surface area contributed by atoms with Crippen LogP contribution in [0.1, 0.15) is 31.4 Å². The van der Waals surface area contributed by atoms with Crippen molar-refractivity contribution in [2.75, 3.05) is 17.4 Å². The average molecular weight is 441 g/mol. The summed E-state index contributed by atoms with van der Waals surface area (Å²) in [7, 11) is 1.93. The Morgan fingerprint density at radius 1 is 0.909 bits per heavy atom. The van der Waals surface area contributed by atoms with Crippen molar-refractivity contribution in [1.29, 1.82) is 0 Å². The van der Waals surface area contributed by atoms with Crippen LogP contribution in [0.4, 0.5) is 5.82 Å². The minimum atomic E-state index is -0.390. The van der Waals surface area contributed by atoms with Gasteiger partial charge in [-0.15, -0.1) is 9.89 Å². The van der Waals surface area contributed by atoms with Crippen molar-refractivity contribution < 1.29 is 4.79 Å². The molecule has 0 saturated carbocycles. The molecule has 0 aliphatic rings. The van der Waals surface area contributed by atoms with Crippen LogP contribution in [0, 0.1) is 0 Å². The van der Waals surface area contributed by atoms with E-state index in [1.807, 2.05) is 105 Å². The van der Waals surface area contributed by atoms with Gasteiger partial charge in [0.2, 0.25) is 5.91 Å². The van der Waals surface area contributed by atoms with E-state index in [1.54, 1.807) is 6.07 Å². The van der Waals surface area contributed by atoms with Crippen LogP contribution in [0.15, 0.2) is 89.7 Å². The van der Waals surface area contributed by atoms with Crippen LogP contribution < -0.4 is 15.9 Å². The highest BCUT2D eigenvalue weighted by Gasteiger charge is 2.25. The van der Waals surface area contributed by atoms with E-state index < -0.39 is 5.41 Å². The second-order valence-corrected chi connectivity index (χ2v) is 8.89. The highest BCUT2D eigenvalue weighted by atomic mass is 16.2. The molecule has 0 bridgehead atoms. The van der Waals surface area contributed by atoms with E-state index in [0.717, 1.165) is 21.3 Å². The molecule has 0 saturated heterocycles. The maximum absolute atomic E-state index is 13.1. The number of hydrogen-bond donors (Lipinski definition) is 1. The average Bonchev–Trinajstić information content (AvgIpc) is 2.82. The van der Waals surface area contributed by atoms with Crippen molar-refractivity contribution in [2.24, 2.45) is 0 Å². The molecule has 1 heterocycles. The summed E-state index contributed by atoms with van der Waals surface area (Å²) in [6, 6.07) is 27.3. The fourth-order valence-corrected chi connectivity index (χ4v) is 4.01. The Bertz CT molecular complexity index is 1310. The standard InChI is InChI=1S/C27H28N4O2/c1-27(2,21-14-8-5-9-15-21)18-24(32)28-31-26(33)23-17-11-10-16-22(23)25(29-31)30(3)19-20-12-6-4-7-13-20/h4-17H,18-19H2,1-3H3,(H,28,32). The predicted octanol–water partition coefficient (Wildman–Crippen LogP) is 4.47. The number of benzene rings is 3. The first-order valence-corrected chi connectivity index (χ1v) is 11.0. The minimum absolute atomic E-state index is 0.215. The lowest BCUT2D eigenvalue weighted by Crippen LogP contribution is -2.38. The van der Waals surface area contributed by atoms with Crippen LogP contribution in [0.3, 0.4) is 0 Å². The van der Waals surface area contributed by atoms with Crippen LogP contribution in [0.5, 0.6) is 0 Å². The van der Waals surface area contributed by atoms with E-state index in [9.17, 15) is 9.59 Å². The Morgan fingerprint density at radius 2 is 1.48 bits per heavy atom. The summed E-state index contributed by atoms with van der Waals surface area (Å²) < 4.78 is 0. The SMILES string of the molecule is CN(Cc1ccccc1)c1nn(NC(=O)CC(C)(C)c2ccccc2)c(=O)c2ccccc12. The fraction of sp³-hybridized carbons (Fsp3) is 0.222. The third kappa shape index (κ3) is 4.95. The molecule has 1 amide bonds. The van der Waals surface area contributed by atoms with E-state index in [1.165, 1.54) is 0 Å². The van der Waals surface area contributed by atoms with Gasteiger partial charge in [-0.25, -0.2) is 5.43 Å². The molecule has 33 heavy (non-hydrogen) atoms. The summed E-state index contributed by atoms with van der Waals surface area (Å²) in [6.45, 7) is 4.64. The van der Waals surface area contributed by atoms with Gasteiger partial charge < -0.3 is 4.90 Å². The molecule has 168 valence electrons. The predicted molar refractivity (Wildman–Crippen MR) is 133 cm³/mol. The Balaban J connectivity index is 1.64. The Morgan fingerprint density at radius 3 is 2.15 bits per heavy atom. The topological polar surface area (TPSA) is 67.2 Å². The first-order valence-electron chi connectivity index (χ1n) is 11.0. The fourth-order valence-electron chi connectivity index (χ4n) is 4.01. The lowest BCUT2D eigenvalue weighted by atomic mass is 9.81. The summed E-state index contributed by atoms with van der Waals surface area (Å²) in [5.74, 6) is 0.349. The number of hydrogen-bond acceptors (Lipinski definition) is 4. The molecular weight excluding hydrogens is 412 g/mol. The zero-order valence-corrected chi connectivity index (χ0v) is 19.2. The number of amides is 1. The first-order chi connectivity index (χ1) is 15.8. The Kier molecular flexibility index (Phi) is 6.27. The number of aromatic nitrogens is 2. The van der Waals surface area contributed by atoms with Crippen LogP contribution in [0.2, 0.25) is 0 Å². The van der Waals surface area contributed by atoms with Gasteiger partial charge in [0.1, 0.15) is 0 Å². The van der Waals surface area contributed by atoms with E-state index in [0.29, 0.717) is 17.7 Å². The summed E-state index contributed by atoms with van der Waals surface area (Å²) >= 11 is 0. The number of nitrogens with one attached hydrogen (secondary N) is 1. The van der Waals surface area contributed by atoms with Crippen LogP contribution in [-0.2, 0) is 16.8 Å². The molecule has 4 rings (SSSR count). The highest BCUT2D eigenvalue weighted by molar-refractivity contribution is 5.92. The summed E-state index contributed by atoms with van der Waals surface area (Å²) in [5, 5.41) is 5.79. The van der Waals surface area contributed by atoms with Crippen molar-refractivity contribution in [3.63, 3.8) is 0 Å². The van der Waals surface area contributed by atoms with Gasteiger partial charge in [0.05, 0.1) is 5.39 Å². The first kappa shape index (κ1) is 22.3. The van der Waals surface area contributed by atoms with Gasteiger partial charge in [-0.2, -0.15) is 0 Å². The summed E-state index contributed by atoms with van der Waals surface area (Å²) in [4.78, 5) is 29.1. The molecule has 1 aromatic heterocycles. The van der Waals surface area contributed by atoms with Crippen molar-refractivity contribution in [2.45, 2.75) is 32.2 Å². The highest BCUT2D eigenvalue weighted by Crippen LogP contribution is 2.27. The number of carbonyl (C=O) groups is 1. The third-order valence-corrected chi connectivity index (χ3v) is 5.80. The van der Waals surface area contributed by atoms with Gasteiger partial charge in [0.15, 0.2) is 5.82 Å². The van der Waals surface area contributed by atoms with Gasteiger partial charge in [0, 0.05) is 25.4 Å². The number of anilines is 1. The zero-order valence-electron chi connectivity index (χ0n) is 19.2. The molecule has 0 unspecified atom stereocenters. The van der Waals surface area contributed by atoms with E-state index in [4.69, 9.17) is 0 Å². The van der Waals surface area contributed by atoms with Gasteiger partial charge in [-0.05, 0) is 22.6 Å². The van der Waals surface area contributed by atoms with Gasteiger partial charge in [-0.1, -0.05) is 92.7 Å². The molecule has 4 aromatic rings. The Labute approximate surface area is 193 Å². The van der Waals surface area contributed by atoms with E-state index in [-0.39, 0.29) is 17.9 Å². The van der Waals surface area contributed by atoms with Crippen molar-refractivity contribution in [1.82, 2.24) is 9.89 Å². The number of rotatable bonds is 7. The maximum atomic E-state index is 13.1. The van der Waals surface area contributed by atoms with Crippen molar-refractivity contribution in [3.8, 4) is 0 Å². The molecule has 3 aromatic carbocycles. The molecule has 1 N–H and O–H groups in total. The number of carbonyl (C=O) groups excluding carboxylic acids is 1. The van der Waals surface area contributed by atoms with E-state index >= 15 is 0 Å². The maximum Gasteiger partial charge on any atom is 0.294 e. The lowest BCUT2D eigenvalue weighted by Gasteiger charge is -2.25. The summed E-state index contributed by atoms with van der Waals surface area (Å²) in [5.41, 5.74) is 4.15. The summed E-state index contributed by atoms with van der Waals surface area (Å²) in [6.07, 6.45) is 0.215. The molecule has 0 radical (unpaired) electrons. The van der Waals surface area contributed by atoms with Crippen molar-refractivity contribution >= 4 is 22.5 Å². The zero-order chi connectivity index (χ0) is 23.4. The Hall–Kier alpha value is -3.93. The second kappa shape index (κ2) is 9.28. The molecule has 0 spiro atoms. The molecular formula is C27H28N4O2. The molecule has 0 aliphatic carbocycles. The third-order valence-electron chi connectivity index (χ3n) is 5.80. The molecule has 6 heteroatoms. The smallest absolute Gasteiger partial charge is 0.294 e. The quantitative estimate of drug-likeness (QED) is 0.460. The van der Waals surface area contributed by atoms with Crippen LogP contribution in [-0.4, -0.2) is 22.8 Å². The molecule has 0 aliphatic heterocycles. The van der Waals surface area contributed by atoms with Gasteiger partial charge in [-0.3, -0.25) is 9.59 Å². The molecule has 0 fully saturated rings. The monoisotopic (exact) mass is 440 g/mol. The van der Waals surface area contributed by atoms with E-state index in [2.05, 4.69) is 10.5 Å². The molecule has 0 atom stereocenters. The van der Waals surface area contributed by atoms with Gasteiger partial charge in [0.25, 0.3) is 5.56 Å². The largest absolute Gasteiger partial charge is 0.353 e. The van der Waals surface area contributed by atoms with Crippen molar-refractivity contribution in [3.05, 3.63) is 106 Å². The van der Waals surface area contributed by atoms with Crippen LogP contribution >= 0.6 is 0 Å². The number of fused-ring (bicyclic) bond motifs is 1. The lowest BCUT2D eigenvalue weighted by molar-refractivity contribution is -0.118. The molecule has 6 nitrogen and oxygen atoms in total.